The first kappa shape index (κ1) is 15.2. The third-order valence-electron chi connectivity index (χ3n) is 3.54. The molecule has 1 aromatic carbocycles. The molecule has 102 valence electrons. The van der Waals surface area contributed by atoms with Gasteiger partial charge in [0, 0.05) is 6.42 Å². The van der Waals surface area contributed by atoms with Crippen molar-refractivity contribution in [1.29, 1.82) is 5.26 Å². The van der Waals surface area contributed by atoms with Crippen molar-refractivity contribution in [2.45, 2.75) is 40.2 Å². The molecule has 0 aliphatic heterocycles. The van der Waals surface area contributed by atoms with E-state index in [2.05, 4.69) is 39.1 Å². The van der Waals surface area contributed by atoms with E-state index in [-0.39, 0.29) is 17.2 Å². The van der Waals surface area contributed by atoms with Gasteiger partial charge in [-0.2, -0.15) is 5.26 Å². The summed E-state index contributed by atoms with van der Waals surface area (Å²) in [7, 11) is 0. The largest absolute Gasteiger partial charge is 0.337 e. The van der Waals surface area contributed by atoms with E-state index in [1.165, 1.54) is 0 Å². The average Bonchev–Trinajstić information content (AvgIpc) is 2.35. The Bertz CT molecular complexity index is 454. The van der Waals surface area contributed by atoms with Gasteiger partial charge in [-0.05, 0) is 16.9 Å². The van der Waals surface area contributed by atoms with Crippen molar-refractivity contribution in [3.63, 3.8) is 0 Å². The molecule has 3 heteroatoms. The molecule has 3 nitrogen and oxygen atoms in total. The SMILES string of the molecule is CC(CC(=O)NC(C#N)c1ccccc1)C(C)(C)C. The van der Waals surface area contributed by atoms with Crippen molar-refractivity contribution in [2.75, 3.05) is 0 Å². The van der Waals surface area contributed by atoms with Gasteiger partial charge in [-0.15, -0.1) is 0 Å². The van der Waals surface area contributed by atoms with Gasteiger partial charge in [-0.1, -0.05) is 58.0 Å². The smallest absolute Gasteiger partial charge is 0.221 e. The van der Waals surface area contributed by atoms with Gasteiger partial charge >= 0.3 is 0 Å². The normalized spacial score (nSPS) is 14.3. The number of carbonyl (C=O) groups excluding carboxylic acids is 1. The van der Waals surface area contributed by atoms with Crippen molar-refractivity contribution >= 4 is 5.91 Å². The van der Waals surface area contributed by atoms with Gasteiger partial charge in [-0.3, -0.25) is 4.79 Å². The predicted octanol–water partition coefficient (Wildman–Crippen LogP) is 3.44. The minimum Gasteiger partial charge on any atom is -0.337 e. The lowest BCUT2D eigenvalue weighted by molar-refractivity contribution is -0.123. The van der Waals surface area contributed by atoms with Gasteiger partial charge in [0.05, 0.1) is 6.07 Å². The topological polar surface area (TPSA) is 52.9 Å². The van der Waals surface area contributed by atoms with Crippen molar-refractivity contribution in [1.82, 2.24) is 5.32 Å². The van der Waals surface area contributed by atoms with Gasteiger partial charge in [0.2, 0.25) is 5.91 Å². The van der Waals surface area contributed by atoms with Crippen molar-refractivity contribution in [3.05, 3.63) is 35.9 Å². The van der Waals surface area contributed by atoms with Crippen LogP contribution in [0, 0.1) is 22.7 Å². The standard InChI is InChI=1S/C16H22N2O/c1-12(16(2,3)4)10-15(19)18-14(11-17)13-8-6-5-7-9-13/h5-9,12,14H,10H2,1-4H3,(H,18,19). The fourth-order valence-electron chi connectivity index (χ4n) is 1.64. The summed E-state index contributed by atoms with van der Waals surface area (Å²) in [6, 6.07) is 10.9. The van der Waals surface area contributed by atoms with E-state index in [0.717, 1.165) is 5.56 Å². The van der Waals surface area contributed by atoms with Gasteiger partial charge in [0.1, 0.15) is 6.04 Å². The molecule has 1 aromatic rings. The minimum atomic E-state index is -0.569. The van der Waals surface area contributed by atoms with Crippen LogP contribution >= 0.6 is 0 Å². The maximum Gasteiger partial charge on any atom is 0.221 e. The second-order valence-corrected chi connectivity index (χ2v) is 6.01. The first-order chi connectivity index (χ1) is 8.84. The number of carbonyl (C=O) groups is 1. The first-order valence-electron chi connectivity index (χ1n) is 6.58. The Balaban J connectivity index is 2.63. The highest BCUT2D eigenvalue weighted by atomic mass is 16.1. The maximum absolute atomic E-state index is 12.0. The molecule has 2 atom stereocenters. The monoisotopic (exact) mass is 258 g/mol. The zero-order valence-electron chi connectivity index (χ0n) is 12.1. The number of nitrogens with zero attached hydrogens (tertiary/aromatic N) is 1. The number of hydrogen-bond acceptors (Lipinski definition) is 2. The molecule has 0 bridgehead atoms. The fourth-order valence-corrected chi connectivity index (χ4v) is 1.64. The molecule has 2 unspecified atom stereocenters. The van der Waals surface area contributed by atoms with E-state index in [0.29, 0.717) is 6.42 Å². The maximum atomic E-state index is 12.0. The summed E-state index contributed by atoms with van der Waals surface area (Å²) < 4.78 is 0. The molecule has 0 saturated heterocycles. The lowest BCUT2D eigenvalue weighted by Gasteiger charge is -2.27. The highest BCUT2D eigenvalue weighted by molar-refractivity contribution is 5.77. The molecule has 0 saturated carbocycles. The second kappa shape index (κ2) is 6.38. The zero-order valence-corrected chi connectivity index (χ0v) is 12.1. The Morgan fingerprint density at radius 3 is 2.37 bits per heavy atom. The minimum absolute atomic E-state index is 0.0715. The Morgan fingerprint density at radius 2 is 1.89 bits per heavy atom. The molecule has 0 fully saturated rings. The Labute approximate surface area is 115 Å². The van der Waals surface area contributed by atoms with Crippen LogP contribution in [0.15, 0.2) is 30.3 Å². The highest BCUT2D eigenvalue weighted by Gasteiger charge is 2.23. The Kier molecular flexibility index (Phi) is 5.11. The van der Waals surface area contributed by atoms with E-state index in [1.807, 2.05) is 30.3 Å². The average molecular weight is 258 g/mol. The molecule has 0 aliphatic carbocycles. The number of amides is 1. The molecular formula is C16H22N2O. The van der Waals surface area contributed by atoms with Crippen molar-refractivity contribution in [2.24, 2.45) is 11.3 Å². The van der Waals surface area contributed by atoms with E-state index in [4.69, 9.17) is 5.26 Å². The number of rotatable bonds is 4. The van der Waals surface area contributed by atoms with E-state index >= 15 is 0 Å². The molecule has 0 heterocycles. The van der Waals surface area contributed by atoms with Crippen molar-refractivity contribution < 1.29 is 4.79 Å². The van der Waals surface area contributed by atoms with Crippen LogP contribution in [0.3, 0.4) is 0 Å². The lowest BCUT2D eigenvalue weighted by Crippen LogP contribution is -2.31. The summed E-state index contributed by atoms with van der Waals surface area (Å²) in [5, 5.41) is 11.9. The molecule has 0 aromatic heterocycles. The van der Waals surface area contributed by atoms with E-state index in [1.54, 1.807) is 0 Å². The number of benzene rings is 1. The van der Waals surface area contributed by atoms with Crippen LogP contribution in [0.4, 0.5) is 0 Å². The van der Waals surface area contributed by atoms with Crippen LogP contribution < -0.4 is 5.32 Å². The summed E-state index contributed by atoms with van der Waals surface area (Å²) >= 11 is 0. The molecule has 0 radical (unpaired) electrons. The second-order valence-electron chi connectivity index (χ2n) is 6.01. The zero-order chi connectivity index (χ0) is 14.5. The molecule has 1 N–H and O–H groups in total. The van der Waals surface area contributed by atoms with Crippen LogP contribution in [0.1, 0.15) is 45.7 Å². The Morgan fingerprint density at radius 1 is 1.32 bits per heavy atom. The highest BCUT2D eigenvalue weighted by Crippen LogP contribution is 2.28. The first-order valence-corrected chi connectivity index (χ1v) is 6.58. The van der Waals surface area contributed by atoms with Crippen LogP contribution in [0.5, 0.6) is 0 Å². The van der Waals surface area contributed by atoms with Crippen molar-refractivity contribution in [3.8, 4) is 6.07 Å². The molecule has 1 amide bonds. The molecule has 0 spiro atoms. The third kappa shape index (κ3) is 4.75. The summed E-state index contributed by atoms with van der Waals surface area (Å²) in [6.45, 7) is 8.40. The molecular weight excluding hydrogens is 236 g/mol. The number of nitriles is 1. The molecule has 0 aliphatic rings. The summed E-state index contributed by atoms with van der Waals surface area (Å²) in [6.07, 6.45) is 0.439. The molecule has 1 rings (SSSR count). The van der Waals surface area contributed by atoms with E-state index < -0.39 is 6.04 Å². The van der Waals surface area contributed by atoms with Crippen LogP contribution in [-0.2, 0) is 4.79 Å². The number of hydrogen-bond donors (Lipinski definition) is 1. The molecule has 19 heavy (non-hydrogen) atoms. The fraction of sp³-hybridized carbons (Fsp3) is 0.500. The number of nitrogens with one attached hydrogen (secondary N) is 1. The summed E-state index contributed by atoms with van der Waals surface area (Å²) in [4.78, 5) is 12.0. The Hall–Kier alpha value is -1.82. The van der Waals surface area contributed by atoms with E-state index in [9.17, 15) is 4.79 Å². The summed E-state index contributed by atoms with van der Waals surface area (Å²) in [5.41, 5.74) is 0.911. The van der Waals surface area contributed by atoms with Crippen LogP contribution in [-0.4, -0.2) is 5.91 Å². The van der Waals surface area contributed by atoms with Gasteiger partial charge in [0.25, 0.3) is 0 Å². The van der Waals surface area contributed by atoms with Crippen LogP contribution in [0.2, 0.25) is 0 Å². The lowest BCUT2D eigenvalue weighted by atomic mass is 9.80. The van der Waals surface area contributed by atoms with Gasteiger partial charge in [0.15, 0.2) is 0 Å². The summed E-state index contributed by atoms with van der Waals surface area (Å²) in [5.74, 6) is 0.195. The van der Waals surface area contributed by atoms with Gasteiger partial charge < -0.3 is 5.32 Å². The quantitative estimate of drug-likeness (QED) is 0.899. The predicted molar refractivity (Wildman–Crippen MR) is 76.2 cm³/mol. The third-order valence-corrected chi connectivity index (χ3v) is 3.54. The van der Waals surface area contributed by atoms with Gasteiger partial charge in [-0.25, -0.2) is 0 Å². The van der Waals surface area contributed by atoms with Crippen LogP contribution in [0.25, 0.3) is 0 Å².